The molecule has 0 saturated heterocycles. The SMILES string of the molecule is CC[Si]1(CC)C(c2ccc(C)cc2)=C(c2ccccc2)C(c2ccccc2)=C1c1ccc(C(F)(F)F)cc1. The molecule has 1 heterocycles. The van der Waals surface area contributed by atoms with Gasteiger partial charge >= 0.3 is 6.18 Å². The maximum atomic E-state index is 13.5. The summed E-state index contributed by atoms with van der Waals surface area (Å²) in [6.07, 6.45) is -4.37. The number of rotatable bonds is 6. The second-order valence-corrected chi connectivity index (χ2v) is 14.5. The van der Waals surface area contributed by atoms with Crippen LogP contribution in [-0.2, 0) is 6.18 Å². The monoisotopic (exact) mass is 524 g/mol. The Kier molecular flexibility index (Phi) is 7.02. The molecule has 0 bridgehead atoms. The zero-order chi connectivity index (χ0) is 26.9. The first-order chi connectivity index (χ1) is 18.3. The normalized spacial score (nSPS) is 15.3. The predicted molar refractivity (Wildman–Crippen MR) is 156 cm³/mol. The summed E-state index contributed by atoms with van der Waals surface area (Å²) in [5, 5.41) is 2.61. The lowest BCUT2D eigenvalue weighted by Crippen LogP contribution is -2.35. The molecular formula is C34H31F3Si. The minimum atomic E-state index is -4.37. The third-order valence-corrected chi connectivity index (χ3v) is 13.3. The average molecular weight is 525 g/mol. The molecule has 0 radical (unpaired) electrons. The van der Waals surface area contributed by atoms with Gasteiger partial charge in [0, 0.05) is 0 Å². The van der Waals surface area contributed by atoms with Crippen LogP contribution in [0.1, 0.15) is 47.2 Å². The van der Waals surface area contributed by atoms with Gasteiger partial charge in [0.2, 0.25) is 0 Å². The highest BCUT2D eigenvalue weighted by Crippen LogP contribution is 2.58. The largest absolute Gasteiger partial charge is 0.416 e. The molecule has 1 aliphatic heterocycles. The van der Waals surface area contributed by atoms with E-state index in [9.17, 15) is 13.2 Å². The first-order valence-corrected chi connectivity index (χ1v) is 15.6. The standard InChI is InChI=1S/C34H31F3Si/c1-4-38(5-2)32(27-18-16-24(3)17-19-27)30(25-12-8-6-9-13-25)31(26-14-10-7-11-15-26)33(38)28-20-22-29(23-21-28)34(35,36)37/h6-23H,4-5H2,1-3H3. The number of aryl methyl sites for hydroxylation is 1. The maximum Gasteiger partial charge on any atom is 0.416 e. The molecule has 4 aromatic carbocycles. The van der Waals surface area contributed by atoms with Crippen LogP contribution in [0.5, 0.6) is 0 Å². The summed E-state index contributed by atoms with van der Waals surface area (Å²) in [5.41, 5.74) is 7.30. The molecule has 0 nitrogen and oxygen atoms in total. The van der Waals surface area contributed by atoms with Gasteiger partial charge in [0.15, 0.2) is 0 Å². The lowest BCUT2D eigenvalue weighted by atomic mass is 9.89. The average Bonchev–Trinajstić information content (AvgIpc) is 3.25. The van der Waals surface area contributed by atoms with Crippen molar-refractivity contribution < 1.29 is 13.2 Å². The summed E-state index contributed by atoms with van der Waals surface area (Å²) < 4.78 is 40.5. The molecule has 38 heavy (non-hydrogen) atoms. The van der Waals surface area contributed by atoms with E-state index in [1.54, 1.807) is 12.1 Å². The summed E-state index contributed by atoms with van der Waals surface area (Å²) >= 11 is 0. The minimum Gasteiger partial charge on any atom is -0.166 e. The van der Waals surface area contributed by atoms with Crippen molar-refractivity contribution in [3.05, 3.63) is 143 Å². The fourth-order valence-corrected chi connectivity index (χ4v) is 11.1. The van der Waals surface area contributed by atoms with Crippen molar-refractivity contribution in [3.8, 4) is 0 Å². The smallest absolute Gasteiger partial charge is 0.166 e. The molecule has 0 saturated carbocycles. The molecule has 4 aromatic rings. The van der Waals surface area contributed by atoms with Gasteiger partial charge in [0.05, 0.1) is 5.56 Å². The van der Waals surface area contributed by atoms with Gasteiger partial charge in [-0.25, -0.2) is 0 Å². The molecule has 192 valence electrons. The molecule has 0 fully saturated rings. The number of halogens is 3. The third-order valence-electron chi connectivity index (χ3n) is 7.88. The number of allylic oxidation sites excluding steroid dienone is 2. The first kappa shape index (κ1) is 26.0. The third kappa shape index (κ3) is 4.47. The molecular weight excluding hydrogens is 493 g/mol. The Bertz CT molecular complexity index is 1470. The first-order valence-electron chi connectivity index (χ1n) is 13.2. The number of hydrogen-bond donors (Lipinski definition) is 0. The van der Waals surface area contributed by atoms with Crippen molar-refractivity contribution in [1.29, 1.82) is 0 Å². The summed E-state index contributed by atoms with van der Waals surface area (Å²) in [5.74, 6) is 0. The molecule has 5 rings (SSSR count). The van der Waals surface area contributed by atoms with E-state index in [2.05, 4.69) is 81.4 Å². The molecule has 0 aliphatic carbocycles. The van der Waals surface area contributed by atoms with Gasteiger partial charge in [-0.05, 0) is 62.8 Å². The summed E-state index contributed by atoms with van der Waals surface area (Å²) in [4.78, 5) is 0. The summed E-state index contributed by atoms with van der Waals surface area (Å²) in [7, 11) is -2.42. The van der Waals surface area contributed by atoms with Crippen LogP contribution in [0, 0.1) is 6.92 Å². The van der Waals surface area contributed by atoms with E-state index < -0.39 is 19.8 Å². The highest BCUT2D eigenvalue weighted by Gasteiger charge is 2.48. The maximum absolute atomic E-state index is 13.5. The van der Waals surface area contributed by atoms with Crippen LogP contribution in [0.25, 0.3) is 21.5 Å². The van der Waals surface area contributed by atoms with Gasteiger partial charge in [-0.2, -0.15) is 13.2 Å². The van der Waals surface area contributed by atoms with E-state index in [0.717, 1.165) is 34.4 Å². The predicted octanol–water partition coefficient (Wildman–Crippen LogP) is 10.1. The zero-order valence-electron chi connectivity index (χ0n) is 21.9. The topological polar surface area (TPSA) is 0 Å². The second kappa shape index (κ2) is 10.3. The van der Waals surface area contributed by atoms with Crippen LogP contribution < -0.4 is 0 Å². The van der Waals surface area contributed by atoms with Crippen molar-refractivity contribution in [2.24, 2.45) is 0 Å². The molecule has 4 heteroatoms. The molecule has 0 aromatic heterocycles. The van der Waals surface area contributed by atoms with Gasteiger partial charge in [-0.3, -0.25) is 0 Å². The Morgan fingerprint density at radius 1 is 0.526 bits per heavy atom. The van der Waals surface area contributed by atoms with E-state index >= 15 is 0 Å². The van der Waals surface area contributed by atoms with Crippen LogP contribution in [0.3, 0.4) is 0 Å². The molecule has 0 atom stereocenters. The van der Waals surface area contributed by atoms with Crippen molar-refractivity contribution in [2.45, 2.75) is 39.0 Å². The minimum absolute atomic E-state index is 0.614. The Balaban J connectivity index is 1.91. The second-order valence-electron chi connectivity index (χ2n) is 9.96. The van der Waals surface area contributed by atoms with Gasteiger partial charge < -0.3 is 0 Å². The van der Waals surface area contributed by atoms with E-state index in [-0.39, 0.29) is 0 Å². The van der Waals surface area contributed by atoms with Crippen molar-refractivity contribution in [1.82, 2.24) is 0 Å². The van der Waals surface area contributed by atoms with E-state index in [1.165, 1.54) is 39.2 Å². The Morgan fingerprint density at radius 2 is 0.921 bits per heavy atom. The summed E-state index contributed by atoms with van der Waals surface area (Å²) in [6.45, 7) is 6.60. The van der Waals surface area contributed by atoms with Crippen LogP contribution >= 0.6 is 0 Å². The number of hydrogen-bond acceptors (Lipinski definition) is 0. The number of alkyl halides is 3. The fourth-order valence-electron chi connectivity index (χ4n) is 5.99. The van der Waals surface area contributed by atoms with Gasteiger partial charge in [-0.15, -0.1) is 0 Å². The van der Waals surface area contributed by atoms with Gasteiger partial charge in [0.25, 0.3) is 0 Å². The highest BCUT2D eigenvalue weighted by molar-refractivity contribution is 7.14. The van der Waals surface area contributed by atoms with E-state index in [1.807, 2.05) is 24.3 Å². The van der Waals surface area contributed by atoms with Crippen molar-refractivity contribution in [3.63, 3.8) is 0 Å². The van der Waals surface area contributed by atoms with Crippen LogP contribution in [0.2, 0.25) is 12.1 Å². The lowest BCUT2D eigenvalue weighted by Gasteiger charge is -2.33. The van der Waals surface area contributed by atoms with E-state index in [4.69, 9.17) is 0 Å². The Morgan fingerprint density at radius 3 is 1.29 bits per heavy atom. The fraction of sp³-hybridized carbons (Fsp3) is 0.176. The van der Waals surface area contributed by atoms with Crippen LogP contribution in [0.4, 0.5) is 13.2 Å². The van der Waals surface area contributed by atoms with Crippen molar-refractivity contribution in [2.75, 3.05) is 0 Å². The van der Waals surface area contributed by atoms with Crippen molar-refractivity contribution >= 4 is 29.6 Å². The molecule has 0 amide bonds. The Labute approximate surface area is 224 Å². The highest BCUT2D eigenvalue weighted by atomic mass is 28.3. The quantitative estimate of drug-likeness (QED) is 0.220. The molecule has 0 unspecified atom stereocenters. The Hall–Kier alpha value is -3.63. The number of benzene rings is 4. The zero-order valence-corrected chi connectivity index (χ0v) is 22.9. The molecule has 0 spiro atoms. The van der Waals surface area contributed by atoms with E-state index in [0.29, 0.717) is 0 Å². The lowest BCUT2D eigenvalue weighted by molar-refractivity contribution is -0.137. The van der Waals surface area contributed by atoms with Crippen LogP contribution in [0.15, 0.2) is 109 Å². The molecule has 0 N–H and O–H groups in total. The summed E-state index contributed by atoms with van der Waals surface area (Å²) in [6, 6.07) is 37.3. The molecule has 1 aliphatic rings. The van der Waals surface area contributed by atoms with Crippen LogP contribution in [-0.4, -0.2) is 8.07 Å². The van der Waals surface area contributed by atoms with Gasteiger partial charge in [0.1, 0.15) is 8.07 Å². The van der Waals surface area contributed by atoms with Gasteiger partial charge in [-0.1, -0.05) is 129 Å².